The first-order valence-electron chi connectivity index (χ1n) is 9.28. The van der Waals surface area contributed by atoms with Crippen molar-refractivity contribution >= 4 is 17.2 Å². The summed E-state index contributed by atoms with van der Waals surface area (Å²) >= 11 is 1.74. The average molecular weight is 398 g/mol. The highest BCUT2D eigenvalue weighted by molar-refractivity contribution is 7.11. The van der Waals surface area contributed by atoms with Gasteiger partial charge in [0, 0.05) is 48.6 Å². The van der Waals surface area contributed by atoms with Crippen molar-refractivity contribution in [3.63, 3.8) is 0 Å². The molecule has 4 rings (SSSR count). The van der Waals surface area contributed by atoms with Gasteiger partial charge in [-0.25, -0.2) is 9.97 Å². The summed E-state index contributed by atoms with van der Waals surface area (Å²) in [5, 5.41) is 3.98. The Morgan fingerprint density at radius 1 is 1.33 bits per heavy atom. The summed E-state index contributed by atoms with van der Waals surface area (Å²) in [5.74, 6) is -1.28. The monoisotopic (exact) mass is 398 g/mol. The molecule has 0 spiro atoms. The average Bonchev–Trinajstić information content (AvgIpc) is 3.24. The fraction of sp³-hybridized carbons (Fsp3) is 0.611. The van der Waals surface area contributed by atoms with Crippen molar-refractivity contribution in [2.24, 2.45) is 5.92 Å². The maximum atomic E-state index is 12.9. The molecule has 1 N–H and O–H groups in total. The van der Waals surface area contributed by atoms with Crippen molar-refractivity contribution in [1.82, 2.24) is 19.9 Å². The Labute approximate surface area is 159 Å². The van der Waals surface area contributed by atoms with Crippen molar-refractivity contribution in [1.29, 1.82) is 0 Å². The third kappa shape index (κ3) is 3.88. The van der Waals surface area contributed by atoms with Crippen molar-refractivity contribution in [3.05, 3.63) is 33.3 Å². The lowest BCUT2D eigenvalue weighted by molar-refractivity contribution is -0.147. The summed E-state index contributed by atoms with van der Waals surface area (Å²) in [4.78, 5) is 22.0. The van der Waals surface area contributed by atoms with Crippen LogP contribution in [0.25, 0.3) is 0 Å². The summed E-state index contributed by atoms with van der Waals surface area (Å²) < 4.78 is 39.9. The van der Waals surface area contributed by atoms with Crippen molar-refractivity contribution in [2.75, 3.05) is 6.54 Å². The van der Waals surface area contributed by atoms with E-state index in [1.54, 1.807) is 11.3 Å². The molecule has 1 unspecified atom stereocenters. The molecule has 3 heterocycles. The Kier molecular flexibility index (Phi) is 4.96. The zero-order valence-electron chi connectivity index (χ0n) is 14.8. The summed E-state index contributed by atoms with van der Waals surface area (Å²) in [5.41, 5.74) is 1.69. The van der Waals surface area contributed by atoms with Crippen LogP contribution in [-0.4, -0.2) is 27.0 Å². The van der Waals surface area contributed by atoms with Gasteiger partial charge in [-0.05, 0) is 32.1 Å². The lowest BCUT2D eigenvalue weighted by Crippen LogP contribution is -2.36. The van der Waals surface area contributed by atoms with Gasteiger partial charge in [-0.3, -0.25) is 4.79 Å². The second kappa shape index (κ2) is 7.26. The number of hydrogen-bond donors (Lipinski definition) is 1. The molecule has 2 aromatic heterocycles. The standard InChI is InChI=1S/C18H21F3N4OS/c19-18(20,21)17-23-10-12-9-11(6-8-25(12)17)16(26)22-7-5-15-24-13-3-1-2-4-14(13)27-15/h10-11H,1-9H2,(H,22,26). The van der Waals surface area contributed by atoms with Gasteiger partial charge in [0.2, 0.25) is 11.7 Å². The SMILES string of the molecule is O=C(NCCc1nc2c(s1)CCCC2)C1CCn2c(cnc2C(F)(F)F)C1. The van der Waals surface area contributed by atoms with E-state index in [1.807, 2.05) is 0 Å². The first-order chi connectivity index (χ1) is 12.9. The Morgan fingerprint density at radius 3 is 2.93 bits per heavy atom. The number of carbonyl (C=O) groups excluding carboxylic acids is 1. The van der Waals surface area contributed by atoms with E-state index in [1.165, 1.54) is 34.2 Å². The first-order valence-corrected chi connectivity index (χ1v) is 10.1. The highest BCUT2D eigenvalue weighted by Gasteiger charge is 2.39. The molecular weight excluding hydrogens is 377 g/mol. The number of aryl methyl sites for hydroxylation is 2. The lowest BCUT2D eigenvalue weighted by Gasteiger charge is -2.24. The van der Waals surface area contributed by atoms with Gasteiger partial charge in [0.05, 0.1) is 10.7 Å². The largest absolute Gasteiger partial charge is 0.449 e. The number of aromatic nitrogens is 3. The van der Waals surface area contributed by atoms with E-state index in [2.05, 4.69) is 15.3 Å². The zero-order valence-corrected chi connectivity index (χ0v) is 15.6. The number of imidazole rings is 1. The number of fused-ring (bicyclic) bond motifs is 2. The molecular formula is C18H21F3N4OS. The fourth-order valence-electron chi connectivity index (χ4n) is 3.86. The van der Waals surface area contributed by atoms with E-state index in [0.717, 1.165) is 17.8 Å². The number of hydrogen-bond acceptors (Lipinski definition) is 4. The molecule has 9 heteroatoms. The summed E-state index contributed by atoms with van der Waals surface area (Å²) in [6, 6.07) is 0. The highest BCUT2D eigenvalue weighted by atomic mass is 32.1. The fourth-order valence-corrected chi connectivity index (χ4v) is 5.02. The smallest absolute Gasteiger partial charge is 0.355 e. The second-order valence-electron chi connectivity index (χ2n) is 7.14. The van der Waals surface area contributed by atoms with Crippen molar-refractivity contribution < 1.29 is 18.0 Å². The quantitative estimate of drug-likeness (QED) is 0.861. The van der Waals surface area contributed by atoms with Crippen LogP contribution < -0.4 is 5.32 Å². The van der Waals surface area contributed by atoms with Gasteiger partial charge in [-0.2, -0.15) is 13.2 Å². The lowest BCUT2D eigenvalue weighted by atomic mass is 9.95. The van der Waals surface area contributed by atoms with E-state index in [0.29, 0.717) is 31.5 Å². The van der Waals surface area contributed by atoms with Gasteiger partial charge in [-0.15, -0.1) is 11.3 Å². The van der Waals surface area contributed by atoms with E-state index >= 15 is 0 Å². The summed E-state index contributed by atoms with van der Waals surface area (Å²) in [6.45, 7) is 0.677. The van der Waals surface area contributed by atoms with Gasteiger partial charge in [0.25, 0.3) is 0 Å². The maximum Gasteiger partial charge on any atom is 0.449 e. The molecule has 1 aliphatic heterocycles. The highest BCUT2D eigenvalue weighted by Crippen LogP contribution is 2.32. The normalized spacial score (nSPS) is 19.4. The van der Waals surface area contributed by atoms with Gasteiger partial charge >= 0.3 is 6.18 Å². The Hall–Kier alpha value is -1.90. The second-order valence-corrected chi connectivity index (χ2v) is 8.31. The van der Waals surface area contributed by atoms with Gasteiger partial charge in [-0.1, -0.05) is 0 Å². The molecule has 1 aliphatic carbocycles. The third-order valence-corrected chi connectivity index (χ3v) is 6.46. The molecule has 146 valence electrons. The minimum absolute atomic E-state index is 0.0997. The van der Waals surface area contributed by atoms with Crippen LogP contribution in [0.3, 0.4) is 0 Å². The van der Waals surface area contributed by atoms with Crippen molar-refractivity contribution in [3.8, 4) is 0 Å². The van der Waals surface area contributed by atoms with Crippen LogP contribution in [-0.2, 0) is 43.2 Å². The first kappa shape index (κ1) is 18.5. The Bertz CT molecular complexity index is 819. The molecule has 0 aromatic carbocycles. The molecule has 5 nitrogen and oxygen atoms in total. The van der Waals surface area contributed by atoms with Crippen LogP contribution in [0, 0.1) is 5.92 Å². The number of halogens is 3. The molecule has 1 atom stereocenters. The topological polar surface area (TPSA) is 59.8 Å². The minimum atomic E-state index is -4.46. The van der Waals surface area contributed by atoms with E-state index < -0.39 is 12.0 Å². The number of nitrogens with zero attached hydrogens (tertiary/aromatic N) is 3. The van der Waals surface area contributed by atoms with Crippen LogP contribution in [0.4, 0.5) is 13.2 Å². The number of thiazole rings is 1. The molecule has 0 fully saturated rings. The maximum absolute atomic E-state index is 12.9. The Morgan fingerprint density at radius 2 is 2.15 bits per heavy atom. The number of rotatable bonds is 4. The summed E-state index contributed by atoms with van der Waals surface area (Å²) in [6.07, 6.45) is 2.74. The Balaban J connectivity index is 1.30. The predicted molar refractivity (Wildman–Crippen MR) is 94.5 cm³/mol. The molecule has 0 saturated carbocycles. The van der Waals surface area contributed by atoms with Crippen LogP contribution >= 0.6 is 11.3 Å². The molecule has 2 aromatic rings. The van der Waals surface area contributed by atoms with E-state index in [9.17, 15) is 18.0 Å². The molecule has 1 amide bonds. The molecule has 0 bridgehead atoms. The predicted octanol–water partition coefficient (Wildman–Crippen LogP) is 3.16. The van der Waals surface area contributed by atoms with E-state index in [4.69, 9.17) is 0 Å². The van der Waals surface area contributed by atoms with Crippen LogP contribution in [0.2, 0.25) is 0 Å². The van der Waals surface area contributed by atoms with Crippen molar-refractivity contribution in [2.45, 2.75) is 57.7 Å². The number of amides is 1. The number of alkyl halides is 3. The third-order valence-electron chi connectivity index (χ3n) is 5.25. The number of carbonyl (C=O) groups is 1. The molecule has 0 radical (unpaired) electrons. The molecule has 27 heavy (non-hydrogen) atoms. The van der Waals surface area contributed by atoms with Crippen LogP contribution in [0.5, 0.6) is 0 Å². The minimum Gasteiger partial charge on any atom is -0.355 e. The summed E-state index contributed by atoms with van der Waals surface area (Å²) in [7, 11) is 0. The van der Waals surface area contributed by atoms with Gasteiger partial charge in [0.15, 0.2) is 0 Å². The van der Waals surface area contributed by atoms with Gasteiger partial charge in [0.1, 0.15) is 0 Å². The van der Waals surface area contributed by atoms with Crippen LogP contribution in [0.15, 0.2) is 6.20 Å². The van der Waals surface area contributed by atoms with Crippen LogP contribution in [0.1, 0.15) is 46.4 Å². The molecule has 0 saturated heterocycles. The van der Waals surface area contributed by atoms with E-state index in [-0.39, 0.29) is 18.4 Å². The zero-order chi connectivity index (χ0) is 19.0. The number of nitrogens with one attached hydrogen (secondary N) is 1. The molecule has 2 aliphatic rings. The van der Waals surface area contributed by atoms with Gasteiger partial charge < -0.3 is 9.88 Å².